The van der Waals surface area contributed by atoms with Crippen molar-refractivity contribution in [2.75, 3.05) is 12.3 Å². The third-order valence-electron chi connectivity index (χ3n) is 11.7. The Bertz CT molecular complexity index is 1370. The number of hydrogen-bond acceptors (Lipinski definition) is 7. The van der Waals surface area contributed by atoms with Crippen molar-refractivity contribution in [3.05, 3.63) is 0 Å². The predicted molar refractivity (Wildman–Crippen MR) is 194 cm³/mol. The second kappa shape index (κ2) is 14.9. The van der Waals surface area contributed by atoms with Crippen LogP contribution < -0.4 is 21.3 Å². The number of nitrogens with one attached hydrogen (secondary N) is 4. The number of aliphatic hydroxyl groups excluding tert-OH is 1. The number of carbonyl (C=O) groups excluding carboxylic acids is 4. The van der Waals surface area contributed by atoms with Crippen LogP contribution in [0.2, 0.25) is 0 Å². The molecule has 0 bridgehead atoms. The monoisotopic (exact) mass is 723 g/mol. The summed E-state index contributed by atoms with van der Waals surface area (Å²) in [5, 5.41) is 22.8. The van der Waals surface area contributed by atoms with Gasteiger partial charge in [0.1, 0.15) is 12.1 Å². The van der Waals surface area contributed by atoms with Crippen LogP contribution in [0.4, 0.5) is 4.79 Å². The van der Waals surface area contributed by atoms with Gasteiger partial charge in [-0.25, -0.2) is 13.2 Å². The van der Waals surface area contributed by atoms with E-state index in [1.54, 1.807) is 25.7 Å². The van der Waals surface area contributed by atoms with Crippen LogP contribution in [0.3, 0.4) is 0 Å². The molecule has 0 aromatic rings. The molecule has 4 fully saturated rings. The summed E-state index contributed by atoms with van der Waals surface area (Å²) in [6.45, 7) is 17.2. The van der Waals surface area contributed by atoms with Gasteiger partial charge in [0.15, 0.2) is 15.9 Å². The van der Waals surface area contributed by atoms with Crippen LogP contribution in [-0.4, -0.2) is 95.0 Å². The van der Waals surface area contributed by atoms with Gasteiger partial charge in [-0.15, -0.1) is 0 Å². The molecule has 6 atom stereocenters. The lowest BCUT2D eigenvalue weighted by Crippen LogP contribution is -2.64. The van der Waals surface area contributed by atoms with E-state index in [1.165, 1.54) is 0 Å². The van der Waals surface area contributed by atoms with Crippen LogP contribution in [0, 0.1) is 22.7 Å². The summed E-state index contributed by atoms with van der Waals surface area (Å²) in [5.74, 6) is -1.48. The molecule has 4 rings (SSSR count). The Kier molecular flexibility index (Phi) is 12.0. The molecule has 0 spiro atoms. The van der Waals surface area contributed by atoms with Crippen molar-refractivity contribution < 1.29 is 32.7 Å². The second-order valence-corrected chi connectivity index (χ2v) is 21.2. The molecule has 0 radical (unpaired) electrons. The fourth-order valence-electron chi connectivity index (χ4n) is 8.19. The van der Waals surface area contributed by atoms with Crippen LogP contribution >= 0.6 is 0 Å². The molecule has 0 aromatic carbocycles. The molecule has 286 valence electrons. The van der Waals surface area contributed by atoms with Crippen LogP contribution in [-0.2, 0) is 24.2 Å². The van der Waals surface area contributed by atoms with E-state index in [2.05, 4.69) is 35.1 Å². The summed E-state index contributed by atoms with van der Waals surface area (Å²) >= 11 is 0. The molecule has 3 aliphatic carbocycles. The van der Waals surface area contributed by atoms with Gasteiger partial charge in [-0.1, -0.05) is 73.6 Å². The Morgan fingerprint density at radius 2 is 1.58 bits per heavy atom. The number of aliphatic hydroxyl groups is 1. The normalized spacial score (nSPS) is 26.4. The fourth-order valence-corrected chi connectivity index (χ4v) is 9.71. The van der Waals surface area contributed by atoms with E-state index in [0.29, 0.717) is 32.2 Å². The molecule has 1 saturated heterocycles. The first-order valence-electron chi connectivity index (χ1n) is 18.9. The summed E-state index contributed by atoms with van der Waals surface area (Å²) < 4.78 is 25.7. The molecule has 1 aliphatic heterocycles. The van der Waals surface area contributed by atoms with E-state index < -0.39 is 67.6 Å². The van der Waals surface area contributed by atoms with E-state index in [0.717, 1.165) is 44.9 Å². The molecule has 3 saturated carbocycles. The highest BCUT2D eigenvalue weighted by molar-refractivity contribution is 7.92. The van der Waals surface area contributed by atoms with Gasteiger partial charge < -0.3 is 31.3 Å². The Balaban J connectivity index is 1.56. The minimum Gasteiger partial charge on any atom is -0.381 e. The molecular formula is C37H65N5O7S. The smallest absolute Gasteiger partial charge is 0.315 e. The number of urea groups is 1. The lowest BCUT2D eigenvalue weighted by molar-refractivity contribution is -0.144. The first-order valence-corrected chi connectivity index (χ1v) is 20.6. The van der Waals surface area contributed by atoms with E-state index in [4.69, 9.17) is 0 Å². The number of nitrogens with zero attached hydrogens (tertiary/aromatic N) is 1. The van der Waals surface area contributed by atoms with Crippen molar-refractivity contribution in [1.82, 2.24) is 26.2 Å². The lowest BCUT2D eigenvalue weighted by atomic mass is 9.55. The Labute approximate surface area is 300 Å². The maximum Gasteiger partial charge on any atom is 0.315 e. The minimum atomic E-state index is -3.56. The highest BCUT2D eigenvalue weighted by Crippen LogP contribution is 2.57. The average Bonchev–Trinajstić information content (AvgIpc) is 3.74. The van der Waals surface area contributed by atoms with Crippen LogP contribution in [0.1, 0.15) is 133 Å². The number of likely N-dealkylation sites (tertiary alicyclic amines) is 1. The quantitative estimate of drug-likeness (QED) is 0.192. The zero-order chi connectivity index (χ0) is 37.4. The number of rotatable bonds is 13. The van der Waals surface area contributed by atoms with E-state index in [9.17, 15) is 32.7 Å². The van der Waals surface area contributed by atoms with Crippen molar-refractivity contribution >= 4 is 33.6 Å². The number of fused-ring (bicyclic) bond motifs is 1. The minimum absolute atomic E-state index is 0.0653. The number of sulfone groups is 1. The second-order valence-electron chi connectivity index (χ2n) is 18.5. The third-order valence-corrected chi connectivity index (χ3v) is 14.5. The first-order chi connectivity index (χ1) is 23.0. The van der Waals surface area contributed by atoms with Crippen LogP contribution in [0.15, 0.2) is 0 Å². The third kappa shape index (κ3) is 9.14. The number of unbranched alkanes of at least 4 members (excludes halogenated alkanes) is 1. The maximum absolute atomic E-state index is 14.6. The largest absolute Gasteiger partial charge is 0.381 e. The molecule has 50 heavy (non-hydrogen) atoms. The van der Waals surface area contributed by atoms with Gasteiger partial charge in [0.25, 0.3) is 5.91 Å². The topological polar surface area (TPSA) is 174 Å². The molecule has 5 N–H and O–H groups in total. The summed E-state index contributed by atoms with van der Waals surface area (Å²) in [4.78, 5) is 57.1. The van der Waals surface area contributed by atoms with Gasteiger partial charge in [0, 0.05) is 12.6 Å². The van der Waals surface area contributed by atoms with Crippen LogP contribution in [0.25, 0.3) is 0 Å². The molecule has 13 heteroatoms. The Morgan fingerprint density at radius 3 is 2.10 bits per heavy atom. The van der Waals surface area contributed by atoms with Crippen molar-refractivity contribution in [2.24, 2.45) is 22.7 Å². The van der Waals surface area contributed by atoms with Gasteiger partial charge in [0.05, 0.1) is 22.1 Å². The average molecular weight is 724 g/mol. The molecule has 6 unspecified atom stereocenters. The van der Waals surface area contributed by atoms with Crippen molar-refractivity contribution in [2.45, 2.75) is 173 Å². The number of carbonyl (C=O) groups is 4. The van der Waals surface area contributed by atoms with Gasteiger partial charge in [0.2, 0.25) is 11.8 Å². The number of hydrogen-bond donors (Lipinski definition) is 5. The summed E-state index contributed by atoms with van der Waals surface area (Å²) in [7, 11) is -3.56. The summed E-state index contributed by atoms with van der Waals surface area (Å²) in [5.41, 5.74) is -1.78. The molecule has 4 aliphatic rings. The summed E-state index contributed by atoms with van der Waals surface area (Å²) in [6.07, 6.45) is 6.62. The van der Waals surface area contributed by atoms with E-state index in [1.807, 2.05) is 27.7 Å². The zero-order valence-corrected chi connectivity index (χ0v) is 32.8. The van der Waals surface area contributed by atoms with Gasteiger partial charge in [-0.2, -0.15) is 0 Å². The van der Waals surface area contributed by atoms with Crippen LogP contribution in [0.5, 0.6) is 0 Å². The fraction of sp³-hybridized carbons (Fsp3) is 0.892. The van der Waals surface area contributed by atoms with Crippen molar-refractivity contribution in [3.63, 3.8) is 0 Å². The number of amides is 5. The Morgan fingerprint density at radius 1 is 0.960 bits per heavy atom. The SMILES string of the molecule is CCCCC(NC(=O)C1C2CC(C)(C)C2CN1C(=O)C(NC(=O)NC1(CS(=O)(=O)C(C)(C)C)CCCCC1)C(C)(C)C)C(O)C(=O)NC1CC1. The van der Waals surface area contributed by atoms with Crippen molar-refractivity contribution in [1.29, 1.82) is 0 Å². The molecule has 1 heterocycles. The predicted octanol–water partition coefficient (Wildman–Crippen LogP) is 3.80. The first kappa shape index (κ1) is 40.4. The molecule has 5 amide bonds. The Hall–Kier alpha value is -2.41. The summed E-state index contributed by atoms with van der Waals surface area (Å²) in [6, 6.07) is -3.17. The van der Waals surface area contributed by atoms with E-state index in [-0.39, 0.29) is 35.0 Å². The maximum atomic E-state index is 14.6. The van der Waals surface area contributed by atoms with Crippen molar-refractivity contribution in [3.8, 4) is 0 Å². The van der Waals surface area contributed by atoms with E-state index >= 15 is 0 Å². The van der Waals surface area contributed by atoms with Gasteiger partial charge >= 0.3 is 6.03 Å². The lowest BCUT2D eigenvalue weighted by Gasteiger charge is -2.48. The molecule has 0 aromatic heterocycles. The zero-order valence-electron chi connectivity index (χ0n) is 32.0. The highest BCUT2D eigenvalue weighted by Gasteiger charge is 2.61. The standard InChI is InChI=1S/C37H65N5O7S/c1-10-11-15-26(28(43)31(45)38-23-16-17-23)39-30(44)27-24-20-36(8,9)25(24)21-42(27)32(46)29(34(2,3)4)40-33(47)41-37(18-13-12-14-19-37)22-50(48,49)35(5,6)7/h23-29,43H,10-22H2,1-9H3,(H,38,45)(H,39,44)(H2,40,41,47). The van der Waals surface area contributed by atoms with Gasteiger partial charge in [-0.3, -0.25) is 14.4 Å². The highest BCUT2D eigenvalue weighted by atomic mass is 32.2. The van der Waals surface area contributed by atoms with Gasteiger partial charge in [-0.05, 0) is 82.0 Å². The molecular weight excluding hydrogens is 659 g/mol. The molecule has 12 nitrogen and oxygen atoms in total.